The molecule has 0 radical (unpaired) electrons. The van der Waals surface area contributed by atoms with Crippen LogP contribution in [0.4, 0.5) is 0 Å². The molecule has 0 aliphatic heterocycles. The van der Waals surface area contributed by atoms with Gasteiger partial charge < -0.3 is 5.32 Å². The fourth-order valence-electron chi connectivity index (χ4n) is 3.85. The lowest BCUT2D eigenvalue weighted by atomic mass is 9.71. The largest absolute Gasteiger partial charge is 0.314 e. The number of rotatable bonds is 8. The molecular formula is C17H33N. The van der Waals surface area contributed by atoms with Gasteiger partial charge in [0, 0.05) is 6.04 Å². The summed E-state index contributed by atoms with van der Waals surface area (Å²) >= 11 is 0. The van der Waals surface area contributed by atoms with Gasteiger partial charge in [0.2, 0.25) is 0 Å². The highest BCUT2D eigenvalue weighted by Crippen LogP contribution is 2.47. The molecule has 1 heteroatoms. The second-order valence-corrected chi connectivity index (χ2v) is 6.77. The zero-order chi connectivity index (χ0) is 13.6. The molecule has 0 saturated heterocycles. The fraction of sp³-hybridized carbons (Fsp3) is 0.882. The molecule has 1 nitrogen and oxygen atoms in total. The van der Waals surface area contributed by atoms with Crippen molar-refractivity contribution in [1.82, 2.24) is 5.32 Å². The van der Waals surface area contributed by atoms with Crippen LogP contribution in [0.5, 0.6) is 0 Å². The van der Waals surface area contributed by atoms with E-state index in [2.05, 4.69) is 39.6 Å². The summed E-state index contributed by atoms with van der Waals surface area (Å²) in [5, 5.41) is 3.78. The fourth-order valence-corrected chi connectivity index (χ4v) is 3.85. The van der Waals surface area contributed by atoms with Gasteiger partial charge in [0.1, 0.15) is 0 Å². The summed E-state index contributed by atoms with van der Waals surface area (Å²) in [7, 11) is 0. The van der Waals surface area contributed by atoms with E-state index in [1.165, 1.54) is 50.5 Å². The summed E-state index contributed by atoms with van der Waals surface area (Å²) in [6.45, 7) is 14.3. The summed E-state index contributed by atoms with van der Waals surface area (Å²) in [6.07, 6.45) is 9.57. The molecule has 1 N–H and O–H groups in total. The Morgan fingerprint density at radius 1 is 1.28 bits per heavy atom. The van der Waals surface area contributed by atoms with Gasteiger partial charge in [-0.1, -0.05) is 39.2 Å². The maximum absolute atomic E-state index is 4.07. The molecule has 0 aromatic heterocycles. The van der Waals surface area contributed by atoms with E-state index in [0.717, 1.165) is 12.5 Å². The molecule has 1 fully saturated rings. The molecule has 1 aliphatic rings. The SMILES string of the molecule is C=C(C)CCC(NCC)C1(CC(C)C)CCCC1. The number of allylic oxidation sites excluding steroid dienone is 1. The lowest BCUT2D eigenvalue weighted by Gasteiger charge is -2.40. The summed E-state index contributed by atoms with van der Waals surface area (Å²) in [5.74, 6) is 0.814. The van der Waals surface area contributed by atoms with E-state index in [-0.39, 0.29) is 0 Å². The second kappa shape index (κ2) is 7.33. The van der Waals surface area contributed by atoms with Crippen LogP contribution in [0, 0.1) is 11.3 Å². The summed E-state index contributed by atoms with van der Waals surface area (Å²) in [5.41, 5.74) is 1.90. The summed E-state index contributed by atoms with van der Waals surface area (Å²) in [4.78, 5) is 0. The molecule has 1 aliphatic carbocycles. The molecule has 0 spiro atoms. The standard InChI is InChI=1S/C17H33N/c1-6-18-16(10-9-14(2)3)17(13-15(4)5)11-7-8-12-17/h15-16,18H,2,6-13H2,1,3-5H3. The van der Waals surface area contributed by atoms with Gasteiger partial charge in [-0.3, -0.25) is 0 Å². The van der Waals surface area contributed by atoms with Crippen LogP contribution in [0.3, 0.4) is 0 Å². The quantitative estimate of drug-likeness (QED) is 0.603. The molecule has 1 atom stereocenters. The van der Waals surface area contributed by atoms with Crippen LogP contribution in [0.15, 0.2) is 12.2 Å². The normalized spacial score (nSPS) is 20.3. The van der Waals surface area contributed by atoms with Gasteiger partial charge in [0.15, 0.2) is 0 Å². The van der Waals surface area contributed by atoms with Crippen molar-refractivity contribution in [3.05, 3.63) is 12.2 Å². The number of hydrogen-bond donors (Lipinski definition) is 1. The molecule has 1 saturated carbocycles. The van der Waals surface area contributed by atoms with E-state index in [0.29, 0.717) is 11.5 Å². The molecule has 18 heavy (non-hydrogen) atoms. The van der Waals surface area contributed by atoms with Crippen molar-refractivity contribution in [1.29, 1.82) is 0 Å². The van der Waals surface area contributed by atoms with Crippen LogP contribution < -0.4 is 5.32 Å². The van der Waals surface area contributed by atoms with Gasteiger partial charge in [-0.2, -0.15) is 0 Å². The van der Waals surface area contributed by atoms with Crippen LogP contribution in [-0.2, 0) is 0 Å². The van der Waals surface area contributed by atoms with Crippen molar-refractivity contribution in [2.24, 2.45) is 11.3 Å². The molecule has 106 valence electrons. The Morgan fingerprint density at radius 3 is 2.33 bits per heavy atom. The molecule has 0 amide bonds. The van der Waals surface area contributed by atoms with Crippen molar-refractivity contribution in [2.75, 3.05) is 6.54 Å². The van der Waals surface area contributed by atoms with Crippen LogP contribution in [0.1, 0.15) is 72.6 Å². The first-order chi connectivity index (χ1) is 8.50. The highest BCUT2D eigenvalue weighted by Gasteiger charge is 2.40. The molecule has 0 bridgehead atoms. The van der Waals surface area contributed by atoms with Crippen molar-refractivity contribution in [3.63, 3.8) is 0 Å². The van der Waals surface area contributed by atoms with Gasteiger partial charge in [-0.05, 0) is 56.9 Å². The third-order valence-corrected chi connectivity index (χ3v) is 4.46. The summed E-state index contributed by atoms with van der Waals surface area (Å²) < 4.78 is 0. The molecule has 1 unspecified atom stereocenters. The van der Waals surface area contributed by atoms with Crippen molar-refractivity contribution in [3.8, 4) is 0 Å². The average Bonchev–Trinajstić information content (AvgIpc) is 2.72. The van der Waals surface area contributed by atoms with Crippen LogP contribution in [0.25, 0.3) is 0 Å². The van der Waals surface area contributed by atoms with Crippen LogP contribution in [-0.4, -0.2) is 12.6 Å². The first kappa shape index (κ1) is 15.8. The van der Waals surface area contributed by atoms with Crippen molar-refractivity contribution >= 4 is 0 Å². The smallest absolute Gasteiger partial charge is 0.0126 e. The Kier molecular flexibility index (Phi) is 6.42. The highest BCUT2D eigenvalue weighted by atomic mass is 14.9. The summed E-state index contributed by atoms with van der Waals surface area (Å²) in [6, 6.07) is 0.698. The van der Waals surface area contributed by atoms with Gasteiger partial charge >= 0.3 is 0 Å². The lowest BCUT2D eigenvalue weighted by molar-refractivity contribution is 0.149. The van der Waals surface area contributed by atoms with Crippen LogP contribution >= 0.6 is 0 Å². The Hall–Kier alpha value is -0.300. The first-order valence-electron chi connectivity index (χ1n) is 7.88. The van der Waals surface area contributed by atoms with E-state index in [4.69, 9.17) is 0 Å². The maximum Gasteiger partial charge on any atom is 0.0126 e. The van der Waals surface area contributed by atoms with Crippen molar-refractivity contribution in [2.45, 2.75) is 78.7 Å². The van der Waals surface area contributed by atoms with Crippen LogP contribution in [0.2, 0.25) is 0 Å². The molecule has 0 aromatic rings. The van der Waals surface area contributed by atoms with E-state index in [9.17, 15) is 0 Å². The minimum Gasteiger partial charge on any atom is -0.314 e. The monoisotopic (exact) mass is 251 g/mol. The third kappa shape index (κ3) is 4.42. The predicted molar refractivity (Wildman–Crippen MR) is 81.9 cm³/mol. The number of nitrogens with one attached hydrogen (secondary N) is 1. The Bertz CT molecular complexity index is 248. The molecule has 0 heterocycles. The molecule has 1 rings (SSSR count). The van der Waals surface area contributed by atoms with E-state index < -0.39 is 0 Å². The Labute approximate surface area is 114 Å². The zero-order valence-corrected chi connectivity index (χ0v) is 13.0. The highest BCUT2D eigenvalue weighted by molar-refractivity contribution is 4.98. The Morgan fingerprint density at radius 2 is 1.89 bits per heavy atom. The molecule has 0 aromatic carbocycles. The van der Waals surface area contributed by atoms with Gasteiger partial charge in [0.05, 0.1) is 0 Å². The maximum atomic E-state index is 4.07. The Balaban J connectivity index is 2.73. The van der Waals surface area contributed by atoms with Gasteiger partial charge in [-0.15, -0.1) is 6.58 Å². The van der Waals surface area contributed by atoms with Gasteiger partial charge in [0.25, 0.3) is 0 Å². The minimum absolute atomic E-state index is 0.569. The van der Waals surface area contributed by atoms with E-state index in [1.54, 1.807) is 0 Å². The van der Waals surface area contributed by atoms with E-state index >= 15 is 0 Å². The second-order valence-electron chi connectivity index (χ2n) is 6.77. The average molecular weight is 251 g/mol. The number of hydrogen-bond acceptors (Lipinski definition) is 1. The lowest BCUT2D eigenvalue weighted by Crippen LogP contribution is -2.44. The zero-order valence-electron chi connectivity index (χ0n) is 13.0. The van der Waals surface area contributed by atoms with E-state index in [1.807, 2.05) is 0 Å². The molecular weight excluding hydrogens is 218 g/mol. The third-order valence-electron chi connectivity index (χ3n) is 4.46. The predicted octanol–water partition coefficient (Wildman–Crippen LogP) is 4.93. The first-order valence-corrected chi connectivity index (χ1v) is 7.88. The topological polar surface area (TPSA) is 12.0 Å². The van der Waals surface area contributed by atoms with Gasteiger partial charge in [-0.25, -0.2) is 0 Å². The minimum atomic E-state index is 0.569. The van der Waals surface area contributed by atoms with Crippen molar-refractivity contribution < 1.29 is 0 Å².